The van der Waals surface area contributed by atoms with Crippen molar-refractivity contribution in [3.8, 4) is 0 Å². The van der Waals surface area contributed by atoms with Crippen LogP contribution in [0.15, 0.2) is 42.3 Å². The highest BCUT2D eigenvalue weighted by Crippen LogP contribution is 2.28. The molecule has 2 aliphatic rings. The fraction of sp³-hybridized carbons (Fsp3) is 0.381. The minimum Gasteiger partial charge on any atom is -0.322 e. The summed E-state index contributed by atoms with van der Waals surface area (Å²) >= 11 is 1.68. The summed E-state index contributed by atoms with van der Waals surface area (Å²) in [4.78, 5) is 14.6. The van der Waals surface area contributed by atoms with Crippen molar-refractivity contribution >= 4 is 34.2 Å². The Morgan fingerprint density at radius 2 is 2.00 bits per heavy atom. The van der Waals surface area contributed by atoms with Gasteiger partial charge >= 0.3 is 0 Å². The van der Waals surface area contributed by atoms with Gasteiger partial charge in [0.2, 0.25) is 0 Å². The van der Waals surface area contributed by atoms with Crippen molar-refractivity contribution in [2.45, 2.75) is 38.1 Å². The van der Waals surface area contributed by atoms with E-state index in [1.807, 2.05) is 0 Å². The molecule has 1 saturated carbocycles. The number of hydrogen-bond acceptors (Lipinski definition) is 2. The summed E-state index contributed by atoms with van der Waals surface area (Å²) in [7, 11) is 0. The van der Waals surface area contributed by atoms with Gasteiger partial charge in [0.15, 0.2) is 0 Å². The third-order valence-electron chi connectivity index (χ3n) is 4.42. The SMILES string of the molecule is [2H]c1c([2H])c(I)c([2H])c(C(=O)Nc2ccc3c(c2[2H])C([2H])C([2H])N(C2CCC2)C([2H])C3[2H])c1[2H]. The van der Waals surface area contributed by atoms with E-state index >= 15 is 0 Å². The molecule has 0 aromatic heterocycles. The predicted molar refractivity (Wildman–Crippen MR) is 110 cm³/mol. The molecule has 0 bridgehead atoms. The van der Waals surface area contributed by atoms with Crippen LogP contribution in [0.3, 0.4) is 0 Å². The molecule has 1 aliphatic heterocycles. The molecule has 3 nitrogen and oxygen atoms in total. The van der Waals surface area contributed by atoms with E-state index in [2.05, 4.69) is 5.32 Å². The molecule has 25 heavy (non-hydrogen) atoms. The van der Waals surface area contributed by atoms with Crippen LogP contribution < -0.4 is 5.32 Å². The van der Waals surface area contributed by atoms with Gasteiger partial charge in [0.1, 0.15) is 0 Å². The molecule has 0 saturated heterocycles. The highest BCUT2D eigenvalue weighted by atomic mass is 127. The molecule has 4 unspecified atom stereocenters. The highest BCUT2D eigenvalue weighted by molar-refractivity contribution is 14.1. The summed E-state index contributed by atoms with van der Waals surface area (Å²) in [5, 5.41) is 2.49. The number of nitrogens with one attached hydrogen (secondary N) is 1. The molecule has 130 valence electrons. The van der Waals surface area contributed by atoms with Crippen molar-refractivity contribution in [3.63, 3.8) is 0 Å². The van der Waals surface area contributed by atoms with Gasteiger partial charge in [-0.2, -0.15) is 0 Å². The molecule has 2 aromatic carbocycles. The van der Waals surface area contributed by atoms with Crippen LogP contribution in [0, 0.1) is 3.57 Å². The first-order valence-electron chi connectivity index (χ1n) is 12.9. The first kappa shape index (κ1) is 9.51. The fourth-order valence-corrected chi connectivity index (χ4v) is 3.21. The maximum absolute atomic E-state index is 13.0. The lowest BCUT2D eigenvalue weighted by molar-refractivity contribution is 0.102. The summed E-state index contributed by atoms with van der Waals surface area (Å²) in [5.41, 5.74) is 0.0351. The number of nitrogens with zero attached hydrogens (tertiary/aromatic N) is 1. The molecule has 4 atom stereocenters. The standard InChI is InChI=1S/C21H23IN2O/c22-18-4-1-3-17(13-18)21(25)23-19-8-7-15-9-11-24(20-5-2-6-20)12-10-16(15)14-19/h1,3-4,7-8,13-14,20H,2,5-6,9-12H2,(H,23,25)/i1D,3D,4D,9D,10D,11D,12D,13D,14D. The Morgan fingerprint density at radius 3 is 2.76 bits per heavy atom. The van der Waals surface area contributed by atoms with E-state index in [1.54, 1.807) is 27.5 Å². The van der Waals surface area contributed by atoms with Crippen LogP contribution in [-0.4, -0.2) is 29.9 Å². The molecule has 4 rings (SSSR count). The van der Waals surface area contributed by atoms with E-state index in [1.165, 1.54) is 12.1 Å². The molecular formula is C21H23IN2O. The first-order valence-corrected chi connectivity index (χ1v) is 9.22. The van der Waals surface area contributed by atoms with Crippen molar-refractivity contribution in [1.29, 1.82) is 0 Å². The summed E-state index contributed by atoms with van der Waals surface area (Å²) in [6, 6.07) is 0.941. The lowest BCUT2D eigenvalue weighted by atomic mass is 9.91. The number of aryl methyl sites for hydroxylation is 1. The molecule has 4 heteroatoms. The van der Waals surface area contributed by atoms with Gasteiger partial charge in [0.05, 0.1) is 6.85 Å². The summed E-state index contributed by atoms with van der Waals surface area (Å²) in [5.74, 6) is -0.885. The van der Waals surface area contributed by atoms with E-state index in [0.29, 0.717) is 5.56 Å². The Kier molecular flexibility index (Phi) is 2.84. The monoisotopic (exact) mass is 455 g/mol. The minimum absolute atomic E-state index is 0.00527. The van der Waals surface area contributed by atoms with E-state index < -0.39 is 43.8 Å². The number of halogens is 1. The number of rotatable bonds is 3. The Balaban J connectivity index is 1.73. The number of anilines is 1. The average molecular weight is 455 g/mol. The second kappa shape index (κ2) is 7.46. The third-order valence-corrected chi connectivity index (χ3v) is 4.95. The Labute approximate surface area is 175 Å². The van der Waals surface area contributed by atoms with E-state index in [4.69, 9.17) is 12.3 Å². The van der Waals surface area contributed by atoms with Gasteiger partial charge in [-0.1, -0.05) is 18.5 Å². The fourth-order valence-electron chi connectivity index (χ4n) is 2.80. The quantitative estimate of drug-likeness (QED) is 0.692. The van der Waals surface area contributed by atoms with Crippen LogP contribution in [0.2, 0.25) is 0 Å². The van der Waals surface area contributed by atoms with Gasteiger partial charge in [-0.15, -0.1) is 0 Å². The minimum atomic E-state index is -1.22. The predicted octanol–water partition coefficient (Wildman–Crippen LogP) is 4.50. The van der Waals surface area contributed by atoms with Gasteiger partial charge in [-0.3, -0.25) is 9.69 Å². The normalized spacial score (nSPS) is 35.0. The topological polar surface area (TPSA) is 32.3 Å². The molecule has 0 radical (unpaired) electrons. The van der Waals surface area contributed by atoms with Gasteiger partial charge < -0.3 is 5.32 Å². The van der Waals surface area contributed by atoms with E-state index in [-0.39, 0.29) is 44.6 Å². The molecule has 1 N–H and O–H groups in total. The van der Waals surface area contributed by atoms with Crippen molar-refractivity contribution in [2.75, 3.05) is 18.4 Å². The average Bonchev–Trinajstić information content (AvgIpc) is 2.83. The molecule has 2 aromatic rings. The van der Waals surface area contributed by atoms with Crippen molar-refractivity contribution in [1.82, 2.24) is 4.90 Å². The Hall–Kier alpha value is -1.40. The zero-order valence-electron chi connectivity index (χ0n) is 22.4. The summed E-state index contributed by atoms with van der Waals surface area (Å²) < 4.78 is 75.2. The number of amides is 1. The summed E-state index contributed by atoms with van der Waals surface area (Å²) in [6.07, 6.45) is 0.312. The maximum Gasteiger partial charge on any atom is 0.255 e. The van der Waals surface area contributed by atoms with Gasteiger partial charge in [-0.25, -0.2) is 0 Å². The van der Waals surface area contributed by atoms with Crippen LogP contribution in [-0.2, 0) is 12.8 Å². The zero-order chi connectivity index (χ0) is 25.1. The molecular weight excluding hydrogens is 423 g/mol. The lowest BCUT2D eigenvalue weighted by Gasteiger charge is -2.36. The Bertz CT molecular complexity index is 1130. The number of benzene rings is 2. The third kappa shape index (κ3) is 3.90. The second-order valence-electron chi connectivity index (χ2n) is 6.05. The molecule has 1 aliphatic carbocycles. The number of carbonyl (C=O) groups excluding carboxylic acids is 1. The van der Waals surface area contributed by atoms with Crippen LogP contribution in [0.4, 0.5) is 5.69 Å². The maximum atomic E-state index is 13.0. The van der Waals surface area contributed by atoms with Crippen LogP contribution in [0.1, 0.15) is 53.1 Å². The van der Waals surface area contributed by atoms with Crippen LogP contribution in [0.5, 0.6) is 0 Å². The number of hydrogen-bond donors (Lipinski definition) is 1. The van der Waals surface area contributed by atoms with Gasteiger partial charge in [0, 0.05) is 39.4 Å². The van der Waals surface area contributed by atoms with Crippen molar-refractivity contribution in [2.24, 2.45) is 0 Å². The van der Waals surface area contributed by atoms with Crippen molar-refractivity contribution in [3.05, 3.63) is 62.6 Å². The van der Waals surface area contributed by atoms with E-state index in [9.17, 15) is 4.79 Å². The molecule has 1 amide bonds. The second-order valence-corrected chi connectivity index (χ2v) is 7.13. The number of fused-ring (bicyclic) bond motifs is 1. The van der Waals surface area contributed by atoms with Crippen LogP contribution in [0.25, 0.3) is 0 Å². The first-order chi connectivity index (χ1) is 16.0. The molecule has 1 fully saturated rings. The summed E-state index contributed by atoms with van der Waals surface area (Å²) in [6.45, 7) is -2.17. The Morgan fingerprint density at radius 1 is 1.20 bits per heavy atom. The molecule has 1 heterocycles. The van der Waals surface area contributed by atoms with Crippen molar-refractivity contribution < 1.29 is 17.1 Å². The highest BCUT2D eigenvalue weighted by Gasteiger charge is 2.26. The molecule has 0 spiro atoms. The van der Waals surface area contributed by atoms with Gasteiger partial charge in [0.25, 0.3) is 5.91 Å². The smallest absolute Gasteiger partial charge is 0.255 e. The lowest BCUT2D eigenvalue weighted by Crippen LogP contribution is -2.41. The largest absolute Gasteiger partial charge is 0.322 e. The zero-order valence-corrected chi connectivity index (χ0v) is 15.6. The number of carbonyl (C=O) groups is 1. The van der Waals surface area contributed by atoms with Gasteiger partial charge in [-0.05, 0) is 89.6 Å². The van der Waals surface area contributed by atoms with E-state index in [0.717, 1.165) is 19.3 Å². The van der Waals surface area contributed by atoms with Crippen LogP contribution >= 0.6 is 22.6 Å².